The van der Waals surface area contributed by atoms with E-state index in [-0.39, 0.29) is 0 Å². The highest BCUT2D eigenvalue weighted by Crippen LogP contribution is 2.31. The number of benzene rings is 1. The van der Waals surface area contributed by atoms with Gasteiger partial charge >= 0.3 is 0 Å². The molecule has 14 heavy (non-hydrogen) atoms. The predicted molar refractivity (Wildman–Crippen MR) is 53.9 cm³/mol. The number of hydrogen-bond acceptors (Lipinski definition) is 4. The van der Waals surface area contributed by atoms with Gasteiger partial charge in [0.25, 0.3) is 0 Å². The molecule has 1 aromatic rings. The Morgan fingerprint density at radius 3 is 2.43 bits per heavy atom. The van der Waals surface area contributed by atoms with Crippen molar-refractivity contribution in [3.05, 3.63) is 22.7 Å². The van der Waals surface area contributed by atoms with E-state index in [1.807, 2.05) is 0 Å². The molecule has 1 aromatic carbocycles. The van der Waals surface area contributed by atoms with E-state index >= 15 is 0 Å². The van der Waals surface area contributed by atoms with Gasteiger partial charge in [0.1, 0.15) is 11.5 Å². The Balaban J connectivity index is 3.24. The molecule has 76 valence electrons. The number of oxime groups is 1. The normalized spacial score (nSPS) is 10.5. The van der Waals surface area contributed by atoms with E-state index in [2.05, 4.69) is 5.16 Å². The average Bonchev–Trinajstić information content (AvgIpc) is 2.19. The fourth-order valence-electron chi connectivity index (χ4n) is 1.05. The predicted octanol–water partition coefficient (Wildman–Crippen LogP) is 2.17. The number of nitrogens with zero attached hydrogens (tertiary/aromatic N) is 1. The second-order valence-corrected chi connectivity index (χ2v) is 2.88. The van der Waals surface area contributed by atoms with Crippen LogP contribution < -0.4 is 9.47 Å². The molecule has 0 radical (unpaired) electrons. The molecule has 5 heteroatoms. The van der Waals surface area contributed by atoms with Crippen LogP contribution in [0.4, 0.5) is 0 Å². The van der Waals surface area contributed by atoms with Gasteiger partial charge in [0.05, 0.1) is 25.5 Å². The number of halogens is 1. The third kappa shape index (κ3) is 2.09. The van der Waals surface area contributed by atoms with E-state index < -0.39 is 0 Å². The molecule has 0 aromatic heterocycles. The first kappa shape index (κ1) is 10.7. The first-order chi connectivity index (χ1) is 6.72. The first-order valence-electron chi connectivity index (χ1n) is 3.82. The fourth-order valence-corrected chi connectivity index (χ4v) is 1.30. The van der Waals surface area contributed by atoms with E-state index in [1.54, 1.807) is 12.1 Å². The zero-order valence-corrected chi connectivity index (χ0v) is 8.58. The summed E-state index contributed by atoms with van der Waals surface area (Å²) in [5.74, 6) is 1.04. The standard InChI is InChI=1S/C9H10ClNO3/c1-13-8-4-9(14-2)7(10)3-6(8)5-11-12/h3-5,12H,1-2H3. The van der Waals surface area contributed by atoms with E-state index in [4.69, 9.17) is 26.3 Å². The van der Waals surface area contributed by atoms with Gasteiger partial charge in [-0.25, -0.2) is 0 Å². The van der Waals surface area contributed by atoms with Gasteiger partial charge < -0.3 is 14.7 Å². The lowest BCUT2D eigenvalue weighted by Crippen LogP contribution is -1.93. The van der Waals surface area contributed by atoms with Crippen molar-refractivity contribution in [2.24, 2.45) is 5.16 Å². The Hall–Kier alpha value is -1.42. The zero-order chi connectivity index (χ0) is 10.6. The highest BCUT2D eigenvalue weighted by atomic mass is 35.5. The summed E-state index contributed by atoms with van der Waals surface area (Å²) in [7, 11) is 3.03. The number of hydrogen-bond donors (Lipinski definition) is 1. The molecule has 4 nitrogen and oxygen atoms in total. The molecule has 0 bridgehead atoms. The van der Waals surface area contributed by atoms with E-state index in [0.717, 1.165) is 0 Å². The lowest BCUT2D eigenvalue weighted by molar-refractivity contribution is 0.321. The Bertz CT molecular complexity index is 352. The molecule has 0 atom stereocenters. The molecular weight excluding hydrogens is 206 g/mol. The quantitative estimate of drug-likeness (QED) is 0.478. The molecule has 0 aliphatic carbocycles. The van der Waals surface area contributed by atoms with E-state index in [1.165, 1.54) is 20.4 Å². The minimum atomic E-state index is 0.434. The zero-order valence-electron chi connectivity index (χ0n) is 7.82. The van der Waals surface area contributed by atoms with Gasteiger partial charge in [0, 0.05) is 11.6 Å². The Labute approximate surface area is 86.7 Å². The van der Waals surface area contributed by atoms with Crippen LogP contribution in [-0.4, -0.2) is 25.6 Å². The summed E-state index contributed by atoms with van der Waals surface area (Å²) in [6.07, 6.45) is 1.24. The van der Waals surface area contributed by atoms with Gasteiger partial charge in [0.2, 0.25) is 0 Å². The molecule has 0 amide bonds. The van der Waals surface area contributed by atoms with Gasteiger partial charge in [-0.05, 0) is 6.07 Å². The minimum absolute atomic E-state index is 0.434. The van der Waals surface area contributed by atoms with Crippen LogP contribution >= 0.6 is 11.6 Å². The number of ether oxygens (including phenoxy) is 2. The van der Waals surface area contributed by atoms with E-state index in [9.17, 15) is 0 Å². The van der Waals surface area contributed by atoms with Crippen LogP contribution in [0, 0.1) is 0 Å². The molecule has 0 fully saturated rings. The molecule has 1 N–H and O–H groups in total. The third-order valence-electron chi connectivity index (χ3n) is 1.70. The SMILES string of the molecule is COc1cc(OC)c(C=NO)cc1Cl. The van der Waals surface area contributed by atoms with Crippen LogP contribution in [0.1, 0.15) is 5.56 Å². The lowest BCUT2D eigenvalue weighted by atomic mass is 10.2. The van der Waals surface area contributed by atoms with Crippen molar-refractivity contribution in [2.45, 2.75) is 0 Å². The summed E-state index contributed by atoms with van der Waals surface area (Å²) in [6, 6.07) is 3.22. The summed E-state index contributed by atoms with van der Waals surface area (Å²) < 4.78 is 10.1. The second kappa shape index (κ2) is 4.72. The summed E-state index contributed by atoms with van der Waals surface area (Å²) in [4.78, 5) is 0. The molecule has 0 spiro atoms. The maximum atomic E-state index is 8.40. The van der Waals surface area contributed by atoms with Crippen molar-refractivity contribution in [1.29, 1.82) is 0 Å². The maximum Gasteiger partial charge on any atom is 0.141 e. The highest BCUT2D eigenvalue weighted by Gasteiger charge is 2.07. The smallest absolute Gasteiger partial charge is 0.141 e. The fraction of sp³-hybridized carbons (Fsp3) is 0.222. The summed E-state index contributed by atoms with van der Waals surface area (Å²) in [5, 5.41) is 11.7. The third-order valence-corrected chi connectivity index (χ3v) is 2.00. The molecular formula is C9H10ClNO3. The molecule has 1 rings (SSSR count). The Kier molecular flexibility index (Phi) is 3.59. The van der Waals surface area contributed by atoms with Gasteiger partial charge in [0.15, 0.2) is 0 Å². The molecule has 0 aliphatic heterocycles. The second-order valence-electron chi connectivity index (χ2n) is 2.47. The van der Waals surface area contributed by atoms with E-state index in [0.29, 0.717) is 22.1 Å². The van der Waals surface area contributed by atoms with Crippen LogP contribution in [-0.2, 0) is 0 Å². The molecule has 0 unspecified atom stereocenters. The summed E-state index contributed by atoms with van der Waals surface area (Å²) in [5.41, 5.74) is 0.584. The Morgan fingerprint density at radius 1 is 1.29 bits per heavy atom. The van der Waals surface area contributed by atoms with Gasteiger partial charge in [-0.2, -0.15) is 0 Å². The lowest BCUT2D eigenvalue weighted by Gasteiger charge is -2.08. The average molecular weight is 216 g/mol. The van der Waals surface area contributed by atoms with Gasteiger partial charge in [-0.15, -0.1) is 0 Å². The minimum Gasteiger partial charge on any atom is -0.496 e. The highest BCUT2D eigenvalue weighted by molar-refractivity contribution is 6.32. The van der Waals surface area contributed by atoms with Crippen molar-refractivity contribution in [2.75, 3.05) is 14.2 Å². The van der Waals surface area contributed by atoms with Crippen molar-refractivity contribution >= 4 is 17.8 Å². The molecule has 0 saturated carbocycles. The number of methoxy groups -OCH3 is 2. The van der Waals surface area contributed by atoms with Crippen LogP contribution in [0.15, 0.2) is 17.3 Å². The summed E-state index contributed by atoms with van der Waals surface area (Å²) in [6.45, 7) is 0. The molecule has 0 saturated heterocycles. The van der Waals surface area contributed by atoms with Crippen LogP contribution in [0.2, 0.25) is 5.02 Å². The number of rotatable bonds is 3. The van der Waals surface area contributed by atoms with Gasteiger partial charge in [-0.1, -0.05) is 16.8 Å². The Morgan fingerprint density at radius 2 is 1.93 bits per heavy atom. The first-order valence-corrected chi connectivity index (χ1v) is 4.19. The van der Waals surface area contributed by atoms with Gasteiger partial charge in [-0.3, -0.25) is 0 Å². The van der Waals surface area contributed by atoms with Crippen LogP contribution in [0.25, 0.3) is 0 Å². The van der Waals surface area contributed by atoms with Crippen molar-refractivity contribution < 1.29 is 14.7 Å². The maximum absolute atomic E-state index is 8.40. The molecule has 0 aliphatic rings. The van der Waals surface area contributed by atoms with Crippen molar-refractivity contribution in [3.8, 4) is 11.5 Å². The topological polar surface area (TPSA) is 51.0 Å². The van der Waals surface area contributed by atoms with Crippen molar-refractivity contribution in [1.82, 2.24) is 0 Å². The monoisotopic (exact) mass is 215 g/mol. The van der Waals surface area contributed by atoms with Crippen LogP contribution in [0.3, 0.4) is 0 Å². The van der Waals surface area contributed by atoms with Crippen molar-refractivity contribution in [3.63, 3.8) is 0 Å². The van der Waals surface area contributed by atoms with Crippen LogP contribution in [0.5, 0.6) is 11.5 Å². The summed E-state index contributed by atoms with van der Waals surface area (Å²) >= 11 is 5.87. The molecule has 0 heterocycles. The largest absolute Gasteiger partial charge is 0.496 e.